The number of aliphatic hydroxyl groups is 1. The zero-order chi connectivity index (χ0) is 11.4. The van der Waals surface area contributed by atoms with E-state index in [1.54, 1.807) is 6.26 Å². The molecule has 3 atom stereocenters. The molecule has 0 aromatic carbocycles. The minimum atomic E-state index is -0.704. The lowest BCUT2D eigenvalue weighted by Gasteiger charge is -2.28. The lowest BCUT2D eigenvalue weighted by atomic mass is 9.96. The highest BCUT2D eigenvalue weighted by atomic mass is 16.5. The van der Waals surface area contributed by atoms with Gasteiger partial charge in [-0.05, 0) is 25.8 Å². The molecule has 0 spiro atoms. The van der Waals surface area contributed by atoms with Crippen LogP contribution < -0.4 is 5.32 Å². The Kier molecular flexibility index (Phi) is 3.84. The third kappa shape index (κ3) is 2.75. The molecule has 0 aromatic rings. The predicted octanol–water partition coefficient (Wildman–Crippen LogP) is 0.809. The van der Waals surface area contributed by atoms with Crippen LogP contribution in [0.15, 0.2) is 12.3 Å². The number of rotatable bonds is 4. The SMILES string of the molecule is CC1OCCC1(O)CNCC1CCC=CO1. The minimum Gasteiger partial charge on any atom is -0.497 e. The molecule has 0 saturated carbocycles. The maximum absolute atomic E-state index is 10.2. The first kappa shape index (κ1) is 11.9. The molecule has 2 rings (SSSR count). The molecule has 2 heterocycles. The largest absolute Gasteiger partial charge is 0.497 e. The topological polar surface area (TPSA) is 50.7 Å². The normalized spacial score (nSPS) is 38.6. The lowest BCUT2D eigenvalue weighted by molar-refractivity contribution is -0.0278. The van der Waals surface area contributed by atoms with Crippen molar-refractivity contribution in [2.45, 2.75) is 44.0 Å². The van der Waals surface area contributed by atoms with Crippen LogP contribution in [0.5, 0.6) is 0 Å². The first-order valence-electron chi connectivity index (χ1n) is 6.06. The molecule has 0 radical (unpaired) electrons. The maximum atomic E-state index is 10.2. The fourth-order valence-electron chi connectivity index (χ4n) is 2.19. The van der Waals surface area contributed by atoms with Gasteiger partial charge in [0.2, 0.25) is 0 Å². The maximum Gasteiger partial charge on any atom is 0.110 e. The Morgan fingerprint density at radius 3 is 3.06 bits per heavy atom. The third-order valence-electron chi connectivity index (χ3n) is 3.49. The summed E-state index contributed by atoms with van der Waals surface area (Å²) in [5.74, 6) is 0. The molecule has 4 heteroatoms. The zero-order valence-corrected chi connectivity index (χ0v) is 9.82. The summed E-state index contributed by atoms with van der Waals surface area (Å²) >= 11 is 0. The molecule has 0 aromatic heterocycles. The van der Waals surface area contributed by atoms with Crippen molar-refractivity contribution in [3.05, 3.63) is 12.3 Å². The first-order valence-corrected chi connectivity index (χ1v) is 6.06. The van der Waals surface area contributed by atoms with Crippen LogP contribution in [0.4, 0.5) is 0 Å². The molecule has 2 aliphatic rings. The summed E-state index contributed by atoms with van der Waals surface area (Å²) in [5, 5.41) is 13.5. The number of allylic oxidation sites excluding steroid dienone is 1. The van der Waals surface area contributed by atoms with Gasteiger partial charge >= 0.3 is 0 Å². The van der Waals surface area contributed by atoms with Crippen LogP contribution in [-0.2, 0) is 9.47 Å². The quantitative estimate of drug-likeness (QED) is 0.746. The second kappa shape index (κ2) is 5.17. The fourth-order valence-corrected chi connectivity index (χ4v) is 2.19. The molecule has 1 fully saturated rings. The van der Waals surface area contributed by atoms with Gasteiger partial charge in [0.15, 0.2) is 0 Å². The number of hydrogen-bond donors (Lipinski definition) is 2. The third-order valence-corrected chi connectivity index (χ3v) is 3.49. The van der Waals surface area contributed by atoms with E-state index < -0.39 is 5.60 Å². The minimum absolute atomic E-state index is 0.0767. The van der Waals surface area contributed by atoms with Gasteiger partial charge in [0, 0.05) is 26.1 Å². The van der Waals surface area contributed by atoms with E-state index in [1.807, 2.05) is 13.0 Å². The van der Waals surface area contributed by atoms with Crippen LogP contribution in [0.2, 0.25) is 0 Å². The number of ether oxygens (including phenoxy) is 2. The molecule has 0 amide bonds. The van der Waals surface area contributed by atoms with Gasteiger partial charge in [-0.15, -0.1) is 0 Å². The second-order valence-corrected chi connectivity index (χ2v) is 4.70. The van der Waals surface area contributed by atoms with E-state index in [2.05, 4.69) is 5.32 Å². The lowest BCUT2D eigenvalue weighted by Crippen LogP contribution is -2.47. The monoisotopic (exact) mass is 227 g/mol. The summed E-state index contributed by atoms with van der Waals surface area (Å²) in [4.78, 5) is 0. The van der Waals surface area contributed by atoms with Crippen molar-refractivity contribution < 1.29 is 14.6 Å². The highest BCUT2D eigenvalue weighted by molar-refractivity contribution is 4.92. The van der Waals surface area contributed by atoms with Crippen LogP contribution in [-0.4, -0.2) is 42.6 Å². The van der Waals surface area contributed by atoms with E-state index in [1.165, 1.54) is 0 Å². The Morgan fingerprint density at radius 2 is 2.44 bits per heavy atom. The van der Waals surface area contributed by atoms with Crippen LogP contribution in [0.25, 0.3) is 0 Å². The highest BCUT2D eigenvalue weighted by Crippen LogP contribution is 2.24. The van der Waals surface area contributed by atoms with Crippen molar-refractivity contribution in [2.75, 3.05) is 19.7 Å². The molecule has 0 aliphatic carbocycles. The van der Waals surface area contributed by atoms with Gasteiger partial charge in [-0.25, -0.2) is 0 Å². The summed E-state index contributed by atoms with van der Waals surface area (Å²) in [6.45, 7) is 3.95. The van der Waals surface area contributed by atoms with Gasteiger partial charge in [0.25, 0.3) is 0 Å². The smallest absolute Gasteiger partial charge is 0.110 e. The standard InChI is InChI=1S/C12H21NO3/c1-10-12(14,5-7-15-10)9-13-8-11-4-2-3-6-16-11/h3,6,10-11,13-14H,2,4-5,7-9H2,1H3. The summed E-state index contributed by atoms with van der Waals surface area (Å²) in [6.07, 6.45) is 6.82. The summed E-state index contributed by atoms with van der Waals surface area (Å²) in [6, 6.07) is 0. The molecule has 1 saturated heterocycles. The van der Waals surface area contributed by atoms with Gasteiger partial charge in [-0.2, -0.15) is 0 Å². The van der Waals surface area contributed by atoms with Gasteiger partial charge in [0.05, 0.1) is 12.4 Å². The Hall–Kier alpha value is -0.580. The van der Waals surface area contributed by atoms with Crippen LogP contribution in [0.3, 0.4) is 0 Å². The molecule has 4 nitrogen and oxygen atoms in total. The van der Waals surface area contributed by atoms with Crippen LogP contribution in [0, 0.1) is 0 Å². The van der Waals surface area contributed by atoms with Crippen molar-refractivity contribution in [1.29, 1.82) is 0 Å². The summed E-state index contributed by atoms with van der Waals surface area (Å²) < 4.78 is 10.8. The molecular formula is C12H21NO3. The van der Waals surface area contributed by atoms with Gasteiger partial charge in [-0.1, -0.05) is 0 Å². The van der Waals surface area contributed by atoms with Crippen molar-refractivity contribution in [3.63, 3.8) is 0 Å². The van der Waals surface area contributed by atoms with Crippen LogP contribution in [0.1, 0.15) is 26.2 Å². The Balaban J connectivity index is 1.69. The van der Waals surface area contributed by atoms with Crippen molar-refractivity contribution in [2.24, 2.45) is 0 Å². The van der Waals surface area contributed by atoms with E-state index in [0.717, 1.165) is 19.4 Å². The average Bonchev–Trinajstić information content (AvgIpc) is 2.61. The van der Waals surface area contributed by atoms with Crippen molar-refractivity contribution >= 4 is 0 Å². The molecule has 2 N–H and O–H groups in total. The number of nitrogens with one attached hydrogen (secondary N) is 1. The summed E-state index contributed by atoms with van der Waals surface area (Å²) in [5.41, 5.74) is -0.704. The summed E-state index contributed by atoms with van der Waals surface area (Å²) in [7, 11) is 0. The Morgan fingerprint density at radius 1 is 1.56 bits per heavy atom. The first-order chi connectivity index (χ1) is 7.71. The van der Waals surface area contributed by atoms with Crippen LogP contribution >= 0.6 is 0 Å². The average molecular weight is 227 g/mol. The van der Waals surface area contributed by atoms with E-state index in [4.69, 9.17) is 9.47 Å². The molecule has 2 aliphatic heterocycles. The van der Waals surface area contributed by atoms with E-state index in [0.29, 0.717) is 19.6 Å². The molecule has 16 heavy (non-hydrogen) atoms. The Labute approximate surface area is 96.6 Å². The molecular weight excluding hydrogens is 206 g/mol. The Bertz CT molecular complexity index is 257. The van der Waals surface area contributed by atoms with Crippen molar-refractivity contribution in [1.82, 2.24) is 5.32 Å². The van der Waals surface area contributed by atoms with E-state index >= 15 is 0 Å². The highest BCUT2D eigenvalue weighted by Gasteiger charge is 2.39. The number of hydrogen-bond acceptors (Lipinski definition) is 4. The molecule has 3 unspecified atom stereocenters. The van der Waals surface area contributed by atoms with Gasteiger partial charge < -0.3 is 19.9 Å². The molecule has 92 valence electrons. The fraction of sp³-hybridized carbons (Fsp3) is 0.833. The van der Waals surface area contributed by atoms with Crippen molar-refractivity contribution in [3.8, 4) is 0 Å². The predicted molar refractivity (Wildman–Crippen MR) is 61.1 cm³/mol. The van der Waals surface area contributed by atoms with Gasteiger partial charge in [-0.3, -0.25) is 0 Å². The molecule has 0 bridgehead atoms. The second-order valence-electron chi connectivity index (χ2n) is 4.70. The van der Waals surface area contributed by atoms with E-state index in [9.17, 15) is 5.11 Å². The zero-order valence-electron chi connectivity index (χ0n) is 9.82. The van der Waals surface area contributed by atoms with E-state index in [-0.39, 0.29) is 12.2 Å². The van der Waals surface area contributed by atoms with Gasteiger partial charge in [0.1, 0.15) is 11.7 Å².